The van der Waals surface area contributed by atoms with Crippen LogP contribution in [0.1, 0.15) is 32.6 Å². The standard InChI is InChI=1S/C30H51NO13/c1-2-3-4-5-30(32)44-27-25-42-23-21-40-19-17-38-15-13-36-11-10-35-12-14-37-16-18-39-20-22-41-24-26-43-29-8-6-28(7-9-29)31(33)34/h6-9H,2-5,10-27H2,1H3. The second-order valence-corrected chi connectivity index (χ2v) is 9.18. The van der Waals surface area contributed by atoms with Crippen molar-refractivity contribution in [3.05, 3.63) is 34.4 Å². The molecule has 0 aromatic heterocycles. The summed E-state index contributed by atoms with van der Waals surface area (Å²) in [6.07, 6.45) is 3.47. The molecule has 0 amide bonds. The van der Waals surface area contributed by atoms with Crippen LogP contribution in [0.4, 0.5) is 5.69 Å². The van der Waals surface area contributed by atoms with Gasteiger partial charge in [-0.15, -0.1) is 0 Å². The third-order valence-corrected chi connectivity index (χ3v) is 5.62. The Morgan fingerprint density at radius 3 is 1.30 bits per heavy atom. The Kier molecular flexibility index (Phi) is 27.5. The lowest BCUT2D eigenvalue weighted by atomic mass is 10.2. The number of esters is 1. The van der Waals surface area contributed by atoms with Gasteiger partial charge in [-0.25, -0.2) is 0 Å². The normalized spacial score (nSPS) is 11.1. The van der Waals surface area contributed by atoms with Crippen LogP contribution >= 0.6 is 0 Å². The second kappa shape index (κ2) is 30.6. The van der Waals surface area contributed by atoms with Crippen LogP contribution in [0.2, 0.25) is 0 Å². The first kappa shape index (κ1) is 39.6. The van der Waals surface area contributed by atoms with E-state index in [1.165, 1.54) is 12.1 Å². The summed E-state index contributed by atoms with van der Waals surface area (Å²) in [5.74, 6) is 0.388. The molecule has 44 heavy (non-hydrogen) atoms. The molecule has 0 heterocycles. The summed E-state index contributed by atoms with van der Waals surface area (Å²) >= 11 is 0. The summed E-state index contributed by atoms with van der Waals surface area (Å²) in [7, 11) is 0. The maximum atomic E-state index is 11.4. The number of rotatable bonds is 33. The Morgan fingerprint density at radius 1 is 0.568 bits per heavy atom. The number of nitro benzene ring substituents is 1. The summed E-state index contributed by atoms with van der Waals surface area (Å²) in [5, 5.41) is 10.6. The topological polar surface area (TPSA) is 153 Å². The first-order valence-corrected chi connectivity index (χ1v) is 15.3. The van der Waals surface area contributed by atoms with E-state index in [2.05, 4.69) is 6.92 Å². The van der Waals surface area contributed by atoms with Gasteiger partial charge in [-0.3, -0.25) is 14.9 Å². The molecule has 1 rings (SSSR count). The minimum Gasteiger partial charge on any atom is -0.491 e. The predicted molar refractivity (Wildman–Crippen MR) is 160 cm³/mol. The van der Waals surface area contributed by atoms with Crippen molar-refractivity contribution in [2.24, 2.45) is 0 Å². The average Bonchev–Trinajstić information content (AvgIpc) is 3.02. The number of non-ortho nitro benzene ring substituents is 1. The molecular weight excluding hydrogens is 582 g/mol. The third kappa shape index (κ3) is 26.0. The van der Waals surface area contributed by atoms with Crippen LogP contribution in [0.15, 0.2) is 24.3 Å². The number of carbonyl (C=O) groups is 1. The molecule has 14 heteroatoms. The maximum absolute atomic E-state index is 11.4. The van der Waals surface area contributed by atoms with E-state index in [1.807, 2.05) is 0 Å². The fourth-order valence-corrected chi connectivity index (χ4v) is 3.33. The SMILES string of the molecule is CCCCCC(=O)OCCOCCOCCOCCOCCOCCOCCOCCOCCOc1ccc([N+](=O)[O-])cc1. The van der Waals surface area contributed by atoms with Gasteiger partial charge in [0.15, 0.2) is 0 Å². The Balaban J connectivity index is 1.68. The monoisotopic (exact) mass is 633 g/mol. The summed E-state index contributed by atoms with van der Waals surface area (Å²) in [5.41, 5.74) is 0.0239. The first-order chi connectivity index (χ1) is 21.6. The molecule has 0 bridgehead atoms. The van der Waals surface area contributed by atoms with E-state index < -0.39 is 4.92 Å². The number of unbranched alkanes of at least 4 members (excludes halogenated alkanes) is 2. The van der Waals surface area contributed by atoms with Crippen molar-refractivity contribution in [2.45, 2.75) is 32.6 Å². The van der Waals surface area contributed by atoms with Crippen LogP contribution in [0.25, 0.3) is 0 Å². The van der Waals surface area contributed by atoms with E-state index in [0.717, 1.165) is 19.3 Å². The highest BCUT2D eigenvalue weighted by Gasteiger charge is 2.04. The maximum Gasteiger partial charge on any atom is 0.305 e. The van der Waals surface area contributed by atoms with Crippen LogP contribution in [0, 0.1) is 10.1 Å². The van der Waals surface area contributed by atoms with Crippen LogP contribution < -0.4 is 4.74 Å². The number of benzene rings is 1. The molecule has 0 spiro atoms. The van der Waals surface area contributed by atoms with Crippen molar-refractivity contribution in [1.82, 2.24) is 0 Å². The smallest absolute Gasteiger partial charge is 0.305 e. The average molecular weight is 634 g/mol. The van der Waals surface area contributed by atoms with Gasteiger partial charge in [0.2, 0.25) is 0 Å². The van der Waals surface area contributed by atoms with Gasteiger partial charge in [-0.2, -0.15) is 0 Å². The zero-order valence-corrected chi connectivity index (χ0v) is 26.1. The molecule has 0 aliphatic heterocycles. The molecule has 0 unspecified atom stereocenters. The van der Waals surface area contributed by atoms with Gasteiger partial charge >= 0.3 is 5.97 Å². The molecule has 0 radical (unpaired) electrons. The van der Waals surface area contributed by atoms with Crippen molar-refractivity contribution in [1.29, 1.82) is 0 Å². The van der Waals surface area contributed by atoms with E-state index in [-0.39, 0.29) is 18.3 Å². The molecule has 0 saturated carbocycles. The summed E-state index contributed by atoms with van der Waals surface area (Å²) in [6.45, 7) is 9.99. The van der Waals surface area contributed by atoms with Gasteiger partial charge in [-0.05, 0) is 18.6 Å². The number of ether oxygens (including phenoxy) is 10. The minimum absolute atomic E-state index is 0.0239. The van der Waals surface area contributed by atoms with Crippen molar-refractivity contribution in [3.63, 3.8) is 0 Å². The summed E-state index contributed by atoms with van der Waals surface area (Å²) in [6, 6.07) is 5.90. The quantitative estimate of drug-likeness (QED) is 0.0482. The molecule has 0 fully saturated rings. The largest absolute Gasteiger partial charge is 0.491 e. The lowest BCUT2D eigenvalue weighted by Crippen LogP contribution is -2.15. The Hall–Kier alpha value is -2.43. The highest BCUT2D eigenvalue weighted by molar-refractivity contribution is 5.69. The first-order valence-electron chi connectivity index (χ1n) is 15.3. The molecular formula is C30H51NO13. The van der Waals surface area contributed by atoms with E-state index in [9.17, 15) is 14.9 Å². The number of hydrogen-bond donors (Lipinski definition) is 0. The number of hydrogen-bond acceptors (Lipinski definition) is 13. The van der Waals surface area contributed by atoms with Crippen LogP contribution in [-0.2, 0) is 47.4 Å². The molecule has 0 N–H and O–H groups in total. The molecule has 1 aromatic rings. The second-order valence-electron chi connectivity index (χ2n) is 9.18. The highest BCUT2D eigenvalue weighted by atomic mass is 16.6. The lowest BCUT2D eigenvalue weighted by molar-refractivity contribution is -0.384. The zero-order valence-electron chi connectivity index (χ0n) is 26.1. The molecule has 0 atom stereocenters. The van der Waals surface area contributed by atoms with Gasteiger partial charge in [-0.1, -0.05) is 19.8 Å². The van der Waals surface area contributed by atoms with Crippen LogP contribution in [0.5, 0.6) is 5.75 Å². The van der Waals surface area contributed by atoms with Crippen molar-refractivity contribution in [3.8, 4) is 5.75 Å². The third-order valence-electron chi connectivity index (χ3n) is 5.62. The Labute approximate surface area is 260 Å². The van der Waals surface area contributed by atoms with E-state index in [4.69, 9.17) is 47.4 Å². The fraction of sp³-hybridized carbons (Fsp3) is 0.767. The minimum atomic E-state index is -0.454. The van der Waals surface area contributed by atoms with Gasteiger partial charge in [0.1, 0.15) is 19.0 Å². The molecule has 0 saturated heterocycles. The van der Waals surface area contributed by atoms with Gasteiger partial charge in [0, 0.05) is 18.6 Å². The highest BCUT2D eigenvalue weighted by Crippen LogP contribution is 2.17. The summed E-state index contributed by atoms with van der Waals surface area (Å²) in [4.78, 5) is 21.6. The van der Waals surface area contributed by atoms with Crippen molar-refractivity contribution >= 4 is 11.7 Å². The summed E-state index contributed by atoms with van der Waals surface area (Å²) < 4.78 is 54.0. The Morgan fingerprint density at radius 2 is 0.932 bits per heavy atom. The fourth-order valence-electron chi connectivity index (χ4n) is 3.33. The van der Waals surface area contributed by atoms with Crippen molar-refractivity contribution < 1.29 is 57.1 Å². The van der Waals surface area contributed by atoms with Crippen LogP contribution in [-0.4, -0.2) is 130 Å². The van der Waals surface area contributed by atoms with Crippen molar-refractivity contribution in [2.75, 3.05) is 119 Å². The number of nitrogens with zero attached hydrogens (tertiary/aromatic N) is 1. The Bertz CT molecular complexity index is 798. The van der Waals surface area contributed by atoms with Crippen LogP contribution in [0.3, 0.4) is 0 Å². The van der Waals surface area contributed by atoms with Gasteiger partial charge in [0.05, 0.1) is 111 Å². The molecule has 0 aliphatic carbocycles. The zero-order chi connectivity index (χ0) is 31.8. The number of carbonyl (C=O) groups excluding carboxylic acids is 1. The van der Waals surface area contributed by atoms with E-state index in [1.54, 1.807) is 12.1 Å². The lowest BCUT2D eigenvalue weighted by Gasteiger charge is -2.09. The number of nitro groups is 1. The van der Waals surface area contributed by atoms with E-state index in [0.29, 0.717) is 124 Å². The molecule has 0 aliphatic rings. The predicted octanol–water partition coefficient (Wildman–Crippen LogP) is 3.23. The molecule has 1 aromatic carbocycles. The van der Waals surface area contributed by atoms with Gasteiger partial charge in [0.25, 0.3) is 5.69 Å². The molecule has 14 nitrogen and oxygen atoms in total. The van der Waals surface area contributed by atoms with Gasteiger partial charge < -0.3 is 47.4 Å². The van der Waals surface area contributed by atoms with E-state index >= 15 is 0 Å². The molecule has 254 valence electrons.